The topological polar surface area (TPSA) is 34.5 Å². The van der Waals surface area contributed by atoms with Crippen molar-refractivity contribution in [2.24, 2.45) is 5.16 Å². The van der Waals surface area contributed by atoms with E-state index < -0.39 is 0 Å². The summed E-state index contributed by atoms with van der Waals surface area (Å²) in [6, 6.07) is 12.1. The third kappa shape index (κ3) is 3.07. The van der Waals surface area contributed by atoms with Crippen molar-refractivity contribution in [3.8, 4) is 0 Å². The van der Waals surface area contributed by atoms with Crippen LogP contribution in [-0.2, 0) is 4.84 Å². The first-order valence-electron chi connectivity index (χ1n) is 6.72. The molecule has 0 fully saturated rings. The molecule has 3 nitrogen and oxygen atoms in total. The SMILES string of the molecule is CON=C(c1cnc2c(F)cccc2c1)c1cccc(Cl)c1Br. The minimum absolute atomic E-state index is 0.318. The summed E-state index contributed by atoms with van der Waals surface area (Å²) in [5, 5.41) is 5.34. The van der Waals surface area contributed by atoms with Gasteiger partial charge in [0.05, 0.1) is 5.02 Å². The number of oxime groups is 1. The summed E-state index contributed by atoms with van der Waals surface area (Å²) in [7, 11) is 1.46. The smallest absolute Gasteiger partial charge is 0.149 e. The number of hydrogen-bond acceptors (Lipinski definition) is 3. The quantitative estimate of drug-likeness (QED) is 0.453. The third-order valence-electron chi connectivity index (χ3n) is 3.32. The number of pyridine rings is 1. The minimum Gasteiger partial charge on any atom is -0.399 e. The monoisotopic (exact) mass is 392 g/mol. The number of nitrogens with zero attached hydrogens (tertiary/aromatic N) is 2. The van der Waals surface area contributed by atoms with Crippen molar-refractivity contribution >= 4 is 44.1 Å². The maximum Gasteiger partial charge on any atom is 0.149 e. The molecular weight excluding hydrogens is 383 g/mol. The van der Waals surface area contributed by atoms with E-state index in [1.807, 2.05) is 18.2 Å². The van der Waals surface area contributed by atoms with Gasteiger partial charge in [-0.25, -0.2) is 4.39 Å². The molecule has 0 bridgehead atoms. The molecule has 0 aliphatic heterocycles. The summed E-state index contributed by atoms with van der Waals surface area (Å²) in [5.41, 5.74) is 2.34. The molecule has 0 saturated carbocycles. The zero-order valence-corrected chi connectivity index (χ0v) is 14.4. The van der Waals surface area contributed by atoms with Gasteiger partial charge in [0.2, 0.25) is 0 Å². The van der Waals surface area contributed by atoms with Gasteiger partial charge < -0.3 is 4.84 Å². The van der Waals surface area contributed by atoms with Gasteiger partial charge in [0.1, 0.15) is 24.2 Å². The number of halogens is 3. The third-order valence-corrected chi connectivity index (χ3v) is 4.72. The molecule has 116 valence electrons. The first-order valence-corrected chi connectivity index (χ1v) is 7.89. The number of fused-ring (bicyclic) bond motifs is 1. The van der Waals surface area contributed by atoms with Crippen LogP contribution in [0.1, 0.15) is 11.1 Å². The molecule has 23 heavy (non-hydrogen) atoms. The maximum absolute atomic E-state index is 13.8. The van der Waals surface area contributed by atoms with Crippen molar-refractivity contribution in [3.63, 3.8) is 0 Å². The Morgan fingerprint density at radius 2 is 2.04 bits per heavy atom. The van der Waals surface area contributed by atoms with Crippen molar-refractivity contribution in [1.82, 2.24) is 4.98 Å². The lowest BCUT2D eigenvalue weighted by Crippen LogP contribution is -2.06. The Labute approximate surface area is 145 Å². The summed E-state index contributed by atoms with van der Waals surface area (Å²) < 4.78 is 14.5. The lowest BCUT2D eigenvalue weighted by atomic mass is 10.0. The zero-order chi connectivity index (χ0) is 16.4. The van der Waals surface area contributed by atoms with Crippen LogP contribution in [0.4, 0.5) is 4.39 Å². The van der Waals surface area contributed by atoms with E-state index in [0.29, 0.717) is 31.7 Å². The minimum atomic E-state index is -0.358. The van der Waals surface area contributed by atoms with E-state index >= 15 is 0 Å². The fourth-order valence-corrected chi connectivity index (χ4v) is 2.92. The van der Waals surface area contributed by atoms with Gasteiger partial charge in [-0.05, 0) is 34.1 Å². The molecule has 0 aliphatic rings. The van der Waals surface area contributed by atoms with Gasteiger partial charge in [-0.3, -0.25) is 4.98 Å². The van der Waals surface area contributed by atoms with Crippen molar-refractivity contribution in [3.05, 3.63) is 75.1 Å². The Kier molecular flexibility index (Phi) is 4.59. The van der Waals surface area contributed by atoms with Crippen LogP contribution in [0.25, 0.3) is 10.9 Å². The van der Waals surface area contributed by atoms with E-state index in [9.17, 15) is 4.39 Å². The fourth-order valence-electron chi connectivity index (χ4n) is 2.29. The first kappa shape index (κ1) is 15.9. The molecule has 1 heterocycles. The normalized spacial score (nSPS) is 11.7. The van der Waals surface area contributed by atoms with Gasteiger partial charge in [-0.1, -0.05) is 41.0 Å². The molecule has 2 aromatic carbocycles. The molecule has 0 saturated heterocycles. The van der Waals surface area contributed by atoms with Crippen LogP contribution in [0.5, 0.6) is 0 Å². The molecule has 1 aromatic heterocycles. The van der Waals surface area contributed by atoms with Crippen LogP contribution < -0.4 is 0 Å². The average molecular weight is 394 g/mol. The van der Waals surface area contributed by atoms with Crippen LogP contribution in [0.2, 0.25) is 5.02 Å². The zero-order valence-electron chi connectivity index (χ0n) is 12.1. The Morgan fingerprint density at radius 1 is 1.26 bits per heavy atom. The molecule has 0 radical (unpaired) electrons. The molecule has 3 rings (SSSR count). The van der Waals surface area contributed by atoms with Crippen molar-refractivity contribution in [2.45, 2.75) is 0 Å². The molecule has 0 spiro atoms. The highest BCUT2D eigenvalue weighted by Gasteiger charge is 2.15. The van der Waals surface area contributed by atoms with E-state index in [1.54, 1.807) is 24.4 Å². The summed E-state index contributed by atoms with van der Waals surface area (Å²) in [6.07, 6.45) is 1.57. The van der Waals surface area contributed by atoms with Gasteiger partial charge in [0.25, 0.3) is 0 Å². The second-order valence-corrected chi connectivity index (χ2v) is 5.96. The highest BCUT2D eigenvalue weighted by Crippen LogP contribution is 2.29. The summed E-state index contributed by atoms with van der Waals surface area (Å²) >= 11 is 9.61. The lowest BCUT2D eigenvalue weighted by Gasteiger charge is -2.10. The average Bonchev–Trinajstić information content (AvgIpc) is 2.55. The van der Waals surface area contributed by atoms with E-state index in [4.69, 9.17) is 16.4 Å². The molecular formula is C17H11BrClFN2O. The number of rotatable bonds is 3. The van der Waals surface area contributed by atoms with Gasteiger partial charge in [-0.2, -0.15) is 0 Å². The van der Waals surface area contributed by atoms with Crippen molar-refractivity contribution in [2.75, 3.05) is 7.11 Å². The summed E-state index contributed by atoms with van der Waals surface area (Å²) in [6.45, 7) is 0. The van der Waals surface area contributed by atoms with Crippen LogP contribution >= 0.6 is 27.5 Å². The van der Waals surface area contributed by atoms with Crippen molar-refractivity contribution in [1.29, 1.82) is 0 Å². The molecule has 3 aromatic rings. The highest BCUT2D eigenvalue weighted by atomic mass is 79.9. The Hall–Kier alpha value is -1.98. The van der Waals surface area contributed by atoms with Crippen LogP contribution in [0.15, 0.2) is 58.3 Å². The Morgan fingerprint density at radius 3 is 2.83 bits per heavy atom. The van der Waals surface area contributed by atoms with Gasteiger partial charge in [-0.15, -0.1) is 0 Å². The van der Waals surface area contributed by atoms with Crippen molar-refractivity contribution < 1.29 is 9.23 Å². The van der Waals surface area contributed by atoms with Gasteiger partial charge in [0, 0.05) is 27.2 Å². The molecule has 6 heteroatoms. The second-order valence-electron chi connectivity index (χ2n) is 4.76. The number of aromatic nitrogens is 1. The van der Waals surface area contributed by atoms with E-state index in [2.05, 4.69) is 26.1 Å². The molecule has 0 aliphatic carbocycles. The predicted molar refractivity (Wildman–Crippen MR) is 93.5 cm³/mol. The standard InChI is InChI=1S/C17H11BrClFN2O/c1-23-22-16(12-5-3-6-13(19)15(12)18)11-8-10-4-2-7-14(20)17(10)21-9-11/h2-9H,1H3. The number of para-hydroxylation sites is 1. The highest BCUT2D eigenvalue weighted by molar-refractivity contribution is 9.10. The van der Waals surface area contributed by atoms with Gasteiger partial charge >= 0.3 is 0 Å². The van der Waals surface area contributed by atoms with E-state index in [0.717, 1.165) is 5.56 Å². The fraction of sp³-hybridized carbons (Fsp3) is 0.0588. The largest absolute Gasteiger partial charge is 0.399 e. The molecule has 0 unspecified atom stereocenters. The first-order chi connectivity index (χ1) is 11.1. The summed E-state index contributed by atoms with van der Waals surface area (Å²) in [4.78, 5) is 9.17. The Bertz CT molecular complexity index is 914. The maximum atomic E-state index is 13.8. The van der Waals surface area contributed by atoms with Gasteiger partial charge in [0.15, 0.2) is 0 Å². The molecule has 0 N–H and O–H groups in total. The van der Waals surface area contributed by atoms with Crippen LogP contribution in [0.3, 0.4) is 0 Å². The predicted octanol–water partition coefficient (Wildman–Crippen LogP) is 5.19. The lowest BCUT2D eigenvalue weighted by molar-refractivity contribution is 0.214. The van der Waals surface area contributed by atoms with Crippen LogP contribution in [-0.4, -0.2) is 17.8 Å². The molecule has 0 atom stereocenters. The summed E-state index contributed by atoms with van der Waals surface area (Å²) in [5.74, 6) is -0.358. The number of benzene rings is 2. The number of hydrogen-bond donors (Lipinski definition) is 0. The van der Waals surface area contributed by atoms with Crippen LogP contribution in [0, 0.1) is 5.82 Å². The molecule has 0 amide bonds. The van der Waals surface area contributed by atoms with E-state index in [-0.39, 0.29) is 5.82 Å². The second kappa shape index (κ2) is 6.64. The van der Waals surface area contributed by atoms with E-state index in [1.165, 1.54) is 13.2 Å². The Balaban J connectivity index is 2.20.